The Morgan fingerprint density at radius 1 is 1.44 bits per heavy atom. The van der Waals surface area contributed by atoms with Crippen molar-refractivity contribution in [1.29, 1.82) is 0 Å². The molecule has 0 radical (unpaired) electrons. The predicted molar refractivity (Wildman–Crippen MR) is 63.9 cm³/mol. The summed E-state index contributed by atoms with van der Waals surface area (Å²) in [6.07, 6.45) is 6.10. The third-order valence-electron chi connectivity index (χ3n) is 5.77. The van der Waals surface area contributed by atoms with Gasteiger partial charge in [-0.2, -0.15) is 0 Å². The van der Waals surface area contributed by atoms with Gasteiger partial charge in [-0.3, -0.25) is 4.79 Å². The van der Waals surface area contributed by atoms with Gasteiger partial charge < -0.3 is 4.74 Å². The lowest BCUT2D eigenvalue weighted by Crippen LogP contribution is -2.48. The van der Waals surface area contributed by atoms with Crippen LogP contribution in [0.2, 0.25) is 0 Å². The molecule has 2 nitrogen and oxygen atoms in total. The van der Waals surface area contributed by atoms with Gasteiger partial charge in [-0.15, -0.1) is 6.58 Å². The monoisotopic (exact) mass is 222 g/mol. The van der Waals surface area contributed by atoms with Gasteiger partial charge in [0.1, 0.15) is 5.60 Å². The van der Waals surface area contributed by atoms with Gasteiger partial charge in [-0.1, -0.05) is 26.8 Å². The van der Waals surface area contributed by atoms with Gasteiger partial charge in [0.2, 0.25) is 0 Å². The molecule has 0 aliphatic heterocycles. The number of hydrogen-bond donors (Lipinski definition) is 0. The molecule has 2 rings (SSSR count). The highest BCUT2D eigenvalue weighted by Gasteiger charge is 2.69. The maximum absolute atomic E-state index is 10.8. The van der Waals surface area contributed by atoms with Gasteiger partial charge in [0.25, 0.3) is 6.47 Å². The lowest BCUT2D eigenvalue weighted by molar-refractivity contribution is -0.162. The number of hydrogen-bond acceptors (Lipinski definition) is 2. The van der Waals surface area contributed by atoms with E-state index >= 15 is 0 Å². The third kappa shape index (κ3) is 1.11. The number of carbonyl (C=O) groups is 1. The Morgan fingerprint density at radius 3 is 2.50 bits per heavy atom. The van der Waals surface area contributed by atoms with E-state index in [0.717, 1.165) is 19.3 Å². The summed E-state index contributed by atoms with van der Waals surface area (Å²) in [6, 6.07) is 0. The first-order valence-electron chi connectivity index (χ1n) is 6.16. The van der Waals surface area contributed by atoms with E-state index in [4.69, 9.17) is 4.74 Å². The van der Waals surface area contributed by atoms with Crippen LogP contribution in [0.3, 0.4) is 0 Å². The molecule has 3 atom stereocenters. The van der Waals surface area contributed by atoms with E-state index < -0.39 is 0 Å². The second-order valence-corrected chi connectivity index (χ2v) is 6.19. The van der Waals surface area contributed by atoms with Crippen molar-refractivity contribution in [2.75, 3.05) is 0 Å². The number of ether oxygens (including phenoxy) is 1. The lowest BCUT2D eigenvalue weighted by atomic mass is 9.63. The molecule has 2 bridgehead atoms. The summed E-state index contributed by atoms with van der Waals surface area (Å²) in [5, 5.41) is 0. The first-order chi connectivity index (χ1) is 7.43. The molecule has 2 heteroatoms. The quantitative estimate of drug-likeness (QED) is 0.539. The maximum atomic E-state index is 10.8. The summed E-state index contributed by atoms with van der Waals surface area (Å²) in [7, 11) is 0. The highest BCUT2D eigenvalue weighted by molar-refractivity contribution is 5.40. The zero-order valence-corrected chi connectivity index (χ0v) is 10.6. The van der Waals surface area contributed by atoms with Crippen LogP contribution < -0.4 is 0 Å². The molecular formula is C14H22O2. The van der Waals surface area contributed by atoms with Crippen molar-refractivity contribution in [2.45, 2.75) is 52.1 Å². The average Bonchev–Trinajstić information content (AvgIpc) is 2.51. The SMILES string of the molecule is C=CCC1(OC=O)CC2CCC1(C)C2(C)C. The number of rotatable bonds is 4. The van der Waals surface area contributed by atoms with Crippen molar-refractivity contribution in [1.82, 2.24) is 0 Å². The van der Waals surface area contributed by atoms with Crippen LogP contribution in [0.25, 0.3) is 0 Å². The van der Waals surface area contributed by atoms with Gasteiger partial charge in [0.15, 0.2) is 0 Å². The van der Waals surface area contributed by atoms with E-state index in [1.54, 1.807) is 0 Å². The minimum absolute atomic E-state index is 0.0970. The molecule has 0 aromatic heterocycles. The molecule has 0 amide bonds. The van der Waals surface area contributed by atoms with Gasteiger partial charge in [-0.25, -0.2) is 0 Å². The van der Waals surface area contributed by atoms with Crippen molar-refractivity contribution in [3.63, 3.8) is 0 Å². The summed E-state index contributed by atoms with van der Waals surface area (Å²) in [4.78, 5) is 10.8. The molecule has 3 unspecified atom stereocenters. The summed E-state index contributed by atoms with van der Waals surface area (Å²) in [5.74, 6) is 0.678. The summed E-state index contributed by atoms with van der Waals surface area (Å²) >= 11 is 0. The Labute approximate surface area is 98.1 Å². The Hall–Kier alpha value is -0.790. The zero-order valence-electron chi connectivity index (χ0n) is 10.6. The van der Waals surface area contributed by atoms with E-state index in [1.165, 1.54) is 6.42 Å². The highest BCUT2D eigenvalue weighted by Crippen LogP contribution is 2.71. The van der Waals surface area contributed by atoms with E-state index in [0.29, 0.717) is 12.4 Å². The standard InChI is InChI=1S/C14H22O2/c1-5-7-14(16-10-15)9-11-6-8-13(14,4)12(11,2)3/h5,10-11H,1,6-9H2,2-4H3. The van der Waals surface area contributed by atoms with E-state index in [1.807, 2.05) is 6.08 Å². The topological polar surface area (TPSA) is 26.3 Å². The van der Waals surface area contributed by atoms with Gasteiger partial charge in [0, 0.05) is 11.8 Å². The molecule has 0 spiro atoms. The van der Waals surface area contributed by atoms with Crippen molar-refractivity contribution >= 4 is 6.47 Å². The fraction of sp³-hybridized carbons (Fsp3) is 0.786. The smallest absolute Gasteiger partial charge is 0.293 e. The van der Waals surface area contributed by atoms with Crippen LogP contribution in [-0.2, 0) is 9.53 Å². The molecule has 2 saturated carbocycles. The molecular weight excluding hydrogens is 200 g/mol. The molecule has 90 valence electrons. The molecule has 0 aromatic carbocycles. The Balaban J connectivity index is 2.43. The van der Waals surface area contributed by atoms with Crippen molar-refractivity contribution in [3.8, 4) is 0 Å². The van der Waals surface area contributed by atoms with Crippen LogP contribution >= 0.6 is 0 Å². The molecule has 0 N–H and O–H groups in total. The second kappa shape index (κ2) is 3.35. The van der Waals surface area contributed by atoms with Crippen LogP contribution in [-0.4, -0.2) is 12.1 Å². The summed E-state index contributed by atoms with van der Waals surface area (Å²) in [5.41, 5.74) is 0.0572. The van der Waals surface area contributed by atoms with Crippen molar-refractivity contribution in [3.05, 3.63) is 12.7 Å². The van der Waals surface area contributed by atoms with Crippen LogP contribution in [0.4, 0.5) is 0 Å². The van der Waals surface area contributed by atoms with E-state index in [2.05, 4.69) is 27.4 Å². The number of fused-ring (bicyclic) bond motifs is 2. The summed E-state index contributed by atoms with van der Waals surface area (Å²) < 4.78 is 5.55. The van der Waals surface area contributed by atoms with Crippen LogP contribution in [0.1, 0.15) is 46.5 Å². The molecule has 0 heterocycles. The first kappa shape index (κ1) is 11.7. The van der Waals surface area contributed by atoms with E-state index in [9.17, 15) is 4.79 Å². The highest BCUT2D eigenvalue weighted by atomic mass is 16.5. The largest absolute Gasteiger partial charge is 0.460 e. The molecule has 0 aromatic rings. The minimum atomic E-state index is -0.303. The number of carbonyl (C=O) groups excluding carboxylic acids is 1. The maximum Gasteiger partial charge on any atom is 0.293 e. The normalized spacial score (nSPS) is 44.3. The molecule has 2 aliphatic rings. The van der Waals surface area contributed by atoms with Gasteiger partial charge >= 0.3 is 0 Å². The Morgan fingerprint density at radius 2 is 2.12 bits per heavy atom. The van der Waals surface area contributed by atoms with E-state index in [-0.39, 0.29) is 16.4 Å². The van der Waals surface area contributed by atoms with Crippen molar-refractivity contribution < 1.29 is 9.53 Å². The first-order valence-corrected chi connectivity index (χ1v) is 6.16. The molecule has 16 heavy (non-hydrogen) atoms. The average molecular weight is 222 g/mol. The van der Waals surface area contributed by atoms with Gasteiger partial charge in [0.05, 0.1) is 0 Å². The molecule has 2 fully saturated rings. The Kier molecular flexibility index (Phi) is 2.45. The fourth-order valence-corrected chi connectivity index (χ4v) is 4.25. The lowest BCUT2D eigenvalue weighted by Gasteiger charge is -2.46. The van der Waals surface area contributed by atoms with Crippen LogP contribution in [0.15, 0.2) is 12.7 Å². The van der Waals surface area contributed by atoms with Crippen LogP contribution in [0, 0.1) is 16.7 Å². The fourth-order valence-electron chi connectivity index (χ4n) is 4.25. The molecule has 2 aliphatic carbocycles. The second-order valence-electron chi connectivity index (χ2n) is 6.19. The summed E-state index contributed by atoms with van der Waals surface area (Å²) in [6.45, 7) is 11.4. The third-order valence-corrected chi connectivity index (χ3v) is 5.77. The van der Waals surface area contributed by atoms with Gasteiger partial charge in [-0.05, 0) is 30.6 Å². The Bertz CT molecular complexity index is 309. The van der Waals surface area contributed by atoms with Crippen molar-refractivity contribution in [2.24, 2.45) is 16.7 Å². The zero-order chi connectivity index (χ0) is 12.0. The minimum Gasteiger partial charge on any atom is -0.460 e. The molecule has 0 saturated heterocycles. The predicted octanol–water partition coefficient (Wildman–Crippen LogP) is 3.32. The van der Waals surface area contributed by atoms with Crippen LogP contribution in [0.5, 0.6) is 0 Å².